The second kappa shape index (κ2) is 27.4. The van der Waals surface area contributed by atoms with Gasteiger partial charge in [-0.2, -0.15) is 8.78 Å². The van der Waals surface area contributed by atoms with Crippen LogP contribution in [0.3, 0.4) is 0 Å². The van der Waals surface area contributed by atoms with Gasteiger partial charge in [0.15, 0.2) is 0 Å². The van der Waals surface area contributed by atoms with E-state index >= 15 is 0 Å². The van der Waals surface area contributed by atoms with Crippen molar-refractivity contribution in [1.29, 1.82) is 0 Å². The van der Waals surface area contributed by atoms with Crippen molar-refractivity contribution >= 4 is 83.3 Å². The summed E-state index contributed by atoms with van der Waals surface area (Å²) in [6.07, 6.45) is 7.79. The summed E-state index contributed by atoms with van der Waals surface area (Å²) in [6.45, 7) is 1.04. The molecule has 1 unspecified atom stereocenters. The number of nitrogens with two attached hydrogens (primary N) is 1. The highest BCUT2D eigenvalue weighted by Crippen LogP contribution is 2.59. The molecule has 4 aliphatic heterocycles. The number of rotatable bonds is 23. The quantitative estimate of drug-likeness (QED) is 0.0214. The number of aromatic amines is 1. The largest absolute Gasteiger partial charge is 0.399 e. The van der Waals surface area contributed by atoms with E-state index in [0.29, 0.717) is 54.9 Å². The van der Waals surface area contributed by atoms with Crippen molar-refractivity contribution < 1.29 is 66.3 Å². The first-order chi connectivity index (χ1) is 40.0. The number of benzene rings is 3. The molecule has 84 heavy (non-hydrogen) atoms. The number of carbonyl (C=O) groups is 9. The second-order valence-electron chi connectivity index (χ2n) is 21.7. The number of piperidine rings is 1. The lowest BCUT2D eigenvalue weighted by atomic mass is 10.0. The number of aromatic nitrogens is 1. The highest BCUT2D eigenvalue weighted by atomic mass is 35.5. The Kier molecular flexibility index (Phi) is 20.4. The molecule has 10 N–H and O–H groups in total. The number of nitrogens with one attached hydrogen (secondary N) is 6. The molecule has 4 aromatic rings. The first-order valence-corrected chi connectivity index (χ1v) is 30.1. The predicted octanol–water partition coefficient (Wildman–Crippen LogP) is 4.50. The lowest BCUT2D eigenvalue weighted by Crippen LogP contribution is -2.61. The van der Waals surface area contributed by atoms with E-state index in [4.69, 9.17) is 17.3 Å². The molecule has 5 heterocycles. The Morgan fingerprint density at radius 1 is 0.893 bits per heavy atom. The molecule has 0 aliphatic carbocycles. The number of fused-ring (bicyclic) bond motifs is 3. The van der Waals surface area contributed by atoms with Crippen LogP contribution in [0.2, 0.25) is 5.02 Å². The van der Waals surface area contributed by atoms with E-state index in [1.165, 1.54) is 15.9 Å². The maximum Gasteiger partial charge on any atom is 0.399 e. The van der Waals surface area contributed by atoms with Crippen molar-refractivity contribution in [2.24, 2.45) is 5.73 Å². The number of imide groups is 1. The number of likely N-dealkylation sites (N-methyl/N-ethyl adjacent to an activating group) is 1. The lowest BCUT2D eigenvalue weighted by Gasteiger charge is -2.38. The number of carbonyl (C=O) groups excluding carboxylic acids is 9. The van der Waals surface area contributed by atoms with Crippen LogP contribution in [0.25, 0.3) is 10.9 Å². The molecule has 22 nitrogen and oxygen atoms in total. The summed E-state index contributed by atoms with van der Waals surface area (Å²) in [5.74, 6) is 1.16. The molecule has 0 spiro atoms. The Balaban J connectivity index is 0.823. The van der Waals surface area contributed by atoms with Crippen molar-refractivity contribution in [3.05, 3.63) is 105 Å². The highest BCUT2D eigenvalue weighted by molar-refractivity contribution is 7.52. The Morgan fingerprint density at radius 3 is 2.33 bits per heavy atom. The van der Waals surface area contributed by atoms with E-state index in [-0.39, 0.29) is 73.6 Å². The Labute approximate surface area is 488 Å². The van der Waals surface area contributed by atoms with Crippen molar-refractivity contribution in [3.63, 3.8) is 0 Å². The molecule has 1 aromatic heterocycles. The van der Waals surface area contributed by atoms with Gasteiger partial charge in [-0.1, -0.05) is 79.8 Å². The van der Waals surface area contributed by atoms with Gasteiger partial charge in [0.25, 0.3) is 11.8 Å². The van der Waals surface area contributed by atoms with Gasteiger partial charge in [-0.25, -0.2) is 0 Å². The zero-order valence-electron chi connectivity index (χ0n) is 46.2. The van der Waals surface area contributed by atoms with Crippen LogP contribution in [0, 0.1) is 11.8 Å². The molecule has 9 amide bonds. The number of H-pyrrole nitrogens is 1. The molecule has 0 bridgehead atoms. The summed E-state index contributed by atoms with van der Waals surface area (Å²) in [7, 11) is -4.12. The molecule has 26 heteroatoms. The summed E-state index contributed by atoms with van der Waals surface area (Å²) < 4.78 is 40.6. The molecule has 3 saturated heterocycles. The van der Waals surface area contributed by atoms with Gasteiger partial charge in [0.1, 0.15) is 35.9 Å². The maximum atomic E-state index is 14.5. The summed E-state index contributed by atoms with van der Waals surface area (Å²) in [4.78, 5) is 146. The smallest absolute Gasteiger partial charge is 0.370 e. The Bertz CT molecular complexity index is 3310. The fourth-order valence-electron chi connectivity index (χ4n) is 11.2. The van der Waals surface area contributed by atoms with Gasteiger partial charge < -0.3 is 56.5 Å². The number of amides is 9. The highest BCUT2D eigenvalue weighted by Gasteiger charge is 2.51. The third kappa shape index (κ3) is 15.0. The van der Waals surface area contributed by atoms with Crippen LogP contribution >= 0.6 is 19.2 Å². The van der Waals surface area contributed by atoms with Crippen LogP contribution in [0.4, 0.5) is 8.78 Å². The van der Waals surface area contributed by atoms with Crippen LogP contribution in [0.1, 0.15) is 145 Å². The molecule has 0 saturated carbocycles. The molecule has 8 rings (SSSR count). The first-order valence-electron chi connectivity index (χ1n) is 28.1. The minimum absolute atomic E-state index is 0.0147. The van der Waals surface area contributed by atoms with Gasteiger partial charge in [-0.15, -0.1) is 0 Å². The topological polar surface area (TPSA) is 323 Å². The van der Waals surface area contributed by atoms with Crippen molar-refractivity contribution in [3.8, 4) is 11.8 Å². The summed E-state index contributed by atoms with van der Waals surface area (Å²) in [6, 6.07) is 9.53. The number of alkyl halides is 2. The Morgan fingerprint density at radius 2 is 1.62 bits per heavy atom. The van der Waals surface area contributed by atoms with E-state index < -0.39 is 96.4 Å². The predicted molar refractivity (Wildman–Crippen MR) is 303 cm³/mol. The molecule has 3 fully saturated rings. The number of hydrogen-bond acceptors (Lipinski definition) is 11. The molecule has 0 radical (unpaired) electrons. The summed E-state index contributed by atoms with van der Waals surface area (Å²) in [5.41, 5.74) is 2.55. The second-order valence-corrected chi connectivity index (χ2v) is 23.8. The Hall–Kier alpha value is -7.55. The average Bonchev–Trinajstić information content (AvgIpc) is 2.20. The SMILES string of the molecule is CN1CC[C@H]2CC[C@@H](C(=O)N[C@@H](CCC(N)=O)C(=O)N[C@H](C(=O)NCCCCCCCCCC#Cc3cccc4c3CN(C3CCC(=O)NC3=O)C4=O)c3ccc(Cl)cc3)N2C(=O)[C@@H](NC(=O)c2cc3cc(C(F)(F)P(=O)(O)O)ccc3[nH]2)C1. The van der Waals surface area contributed by atoms with Gasteiger partial charge in [0.05, 0.1) is 0 Å². The van der Waals surface area contributed by atoms with Crippen LogP contribution in [-0.2, 0) is 50.3 Å². The number of halogens is 3. The van der Waals surface area contributed by atoms with E-state index in [1.807, 2.05) is 11.0 Å². The van der Waals surface area contributed by atoms with Gasteiger partial charge >= 0.3 is 13.3 Å². The van der Waals surface area contributed by atoms with E-state index in [9.17, 15) is 66.3 Å². The normalized spacial score (nSPS) is 19.9. The van der Waals surface area contributed by atoms with Gasteiger partial charge in [0, 0.05) is 77.6 Å². The third-order valence-corrected chi connectivity index (χ3v) is 17.0. The first kappa shape index (κ1) is 62.5. The van der Waals surface area contributed by atoms with Crippen molar-refractivity contribution in [1.82, 2.24) is 46.3 Å². The molecule has 448 valence electrons. The van der Waals surface area contributed by atoms with Gasteiger partial charge in [-0.3, -0.25) is 53.0 Å². The third-order valence-electron chi connectivity index (χ3n) is 15.7. The van der Waals surface area contributed by atoms with Crippen LogP contribution in [-0.4, -0.2) is 140 Å². The van der Waals surface area contributed by atoms with Gasteiger partial charge in [-0.05, 0) is 112 Å². The van der Waals surface area contributed by atoms with Crippen LogP contribution in [0.15, 0.2) is 66.7 Å². The lowest BCUT2D eigenvalue weighted by molar-refractivity contribution is -0.144. The number of unbranched alkanes of at least 4 members (excludes halogenated alkanes) is 7. The zero-order valence-corrected chi connectivity index (χ0v) is 47.9. The fourth-order valence-corrected chi connectivity index (χ4v) is 11.8. The fraction of sp³-hybridized carbons (Fsp3) is 0.466. The van der Waals surface area contributed by atoms with Crippen molar-refractivity contribution in [2.75, 3.05) is 26.7 Å². The minimum atomic E-state index is -5.88. The van der Waals surface area contributed by atoms with Crippen molar-refractivity contribution in [2.45, 2.75) is 145 Å². The zero-order chi connectivity index (χ0) is 60.5. The molecule has 6 atom stereocenters. The maximum absolute atomic E-state index is 14.5. The minimum Gasteiger partial charge on any atom is -0.370 e. The molecular formula is C58H68ClF2N10O12P. The monoisotopic (exact) mass is 1200 g/mol. The average molecular weight is 1200 g/mol. The summed E-state index contributed by atoms with van der Waals surface area (Å²) in [5, 5.41) is 13.8. The molecule has 4 aliphatic rings. The van der Waals surface area contributed by atoms with E-state index in [2.05, 4.69) is 43.4 Å². The molecular weight excluding hydrogens is 1130 g/mol. The number of primary amides is 1. The number of hydrogen-bond donors (Lipinski definition) is 9. The van der Waals surface area contributed by atoms with E-state index in [0.717, 1.165) is 67.9 Å². The van der Waals surface area contributed by atoms with E-state index in [1.54, 1.807) is 43.4 Å². The van der Waals surface area contributed by atoms with Gasteiger partial charge in [0.2, 0.25) is 41.4 Å². The van der Waals surface area contributed by atoms with Crippen LogP contribution < -0.4 is 32.3 Å². The van der Waals surface area contributed by atoms with Crippen LogP contribution in [0.5, 0.6) is 0 Å². The molecule has 3 aromatic carbocycles. The summed E-state index contributed by atoms with van der Waals surface area (Å²) >= 11 is 6.19. The standard InChI is InChI=1S/C58H68ClF2N10O12P/c1-69-29-27-39-20-23-47(71(39)57(80)45(33-69)66-52(75)44-31-36-30-37(17-21-42(36)64-44)58(60,61)84(81,82)83)54(77)65-43(22-25-48(62)72)51(74)68-50(35-15-18-38(59)19-16-35)55(78)63-28-10-8-6-4-2-3-5-7-9-12-34-13-11-14-40-41(34)32-70(56(40)79)46-24-26-49(73)67-53(46)76/h11,13-19,21,30-31,39,43,45-47,50,64H,2-8,10,20,22-29,32-33H2,1H3,(H2,62,72)(H,63,78)(H,65,77)(H,66,75)(H,68,74)(H,67,73,76)(H2,81,82,83)/t39-,43+,45+,46?,47+,50+/m1/s1. The number of nitrogens with zero attached hydrogens (tertiary/aromatic N) is 3.